The second-order valence-electron chi connectivity index (χ2n) is 5.03. The zero-order valence-corrected chi connectivity index (χ0v) is 13.1. The molecule has 22 heavy (non-hydrogen) atoms. The number of aromatic nitrogens is 1. The topological polar surface area (TPSA) is 81.1 Å². The van der Waals surface area contributed by atoms with Crippen LogP contribution in [0.2, 0.25) is 5.02 Å². The van der Waals surface area contributed by atoms with Gasteiger partial charge in [-0.2, -0.15) is 0 Å². The molecule has 0 fully saturated rings. The van der Waals surface area contributed by atoms with E-state index >= 15 is 0 Å². The fourth-order valence-corrected chi connectivity index (χ4v) is 2.26. The first kappa shape index (κ1) is 16.5. The average Bonchev–Trinajstić information content (AvgIpc) is 3.01. The molecule has 0 bridgehead atoms. The van der Waals surface area contributed by atoms with Crippen molar-refractivity contribution in [2.45, 2.75) is 25.7 Å². The van der Waals surface area contributed by atoms with Gasteiger partial charge in [-0.05, 0) is 43.7 Å². The lowest BCUT2D eigenvalue weighted by molar-refractivity contribution is 0.0953. The Morgan fingerprint density at radius 3 is 2.64 bits per heavy atom. The summed E-state index contributed by atoms with van der Waals surface area (Å²) in [6.07, 6.45) is 5.56. The van der Waals surface area contributed by atoms with Crippen molar-refractivity contribution in [1.82, 2.24) is 10.5 Å². The number of carbonyl (C=O) groups excluding carboxylic acids is 1. The molecule has 0 spiro atoms. The van der Waals surface area contributed by atoms with Crippen LogP contribution in [0.15, 0.2) is 35.0 Å². The van der Waals surface area contributed by atoms with Crippen LogP contribution in [0.1, 0.15) is 36.0 Å². The summed E-state index contributed by atoms with van der Waals surface area (Å²) in [5.41, 5.74) is 6.65. The lowest BCUT2D eigenvalue weighted by atomic mass is 10.1. The first-order valence-electron chi connectivity index (χ1n) is 7.41. The Balaban J connectivity index is 1.91. The van der Waals surface area contributed by atoms with Crippen molar-refractivity contribution in [1.29, 1.82) is 0 Å². The van der Waals surface area contributed by atoms with Crippen molar-refractivity contribution in [3.05, 3.63) is 41.0 Å². The van der Waals surface area contributed by atoms with E-state index in [9.17, 15) is 4.79 Å². The quantitative estimate of drug-likeness (QED) is 0.731. The predicted octanol–water partition coefficient (Wildman–Crippen LogP) is 3.24. The van der Waals surface area contributed by atoms with E-state index in [1.807, 2.05) is 0 Å². The highest BCUT2D eigenvalue weighted by Crippen LogP contribution is 2.24. The highest BCUT2D eigenvalue weighted by Gasteiger charge is 2.17. The van der Waals surface area contributed by atoms with Gasteiger partial charge in [-0.3, -0.25) is 4.79 Å². The van der Waals surface area contributed by atoms with E-state index in [2.05, 4.69) is 10.5 Å². The molecule has 0 saturated carbocycles. The third-order valence-corrected chi connectivity index (χ3v) is 3.59. The van der Waals surface area contributed by atoms with E-state index in [4.69, 9.17) is 21.9 Å². The third kappa shape index (κ3) is 4.58. The van der Waals surface area contributed by atoms with Crippen molar-refractivity contribution in [2.75, 3.05) is 13.1 Å². The number of benzene rings is 1. The van der Waals surface area contributed by atoms with Crippen LogP contribution in [0.25, 0.3) is 11.3 Å². The fraction of sp³-hybridized carbons (Fsp3) is 0.375. The minimum atomic E-state index is -0.176. The number of rotatable bonds is 8. The summed E-state index contributed by atoms with van der Waals surface area (Å²) in [4.78, 5) is 12.2. The molecule has 0 unspecified atom stereocenters. The number of nitrogens with two attached hydrogens (primary N) is 1. The molecule has 0 radical (unpaired) electrons. The third-order valence-electron chi connectivity index (χ3n) is 3.34. The molecule has 0 saturated heterocycles. The summed E-state index contributed by atoms with van der Waals surface area (Å²) >= 11 is 5.86. The first-order chi connectivity index (χ1) is 10.7. The summed E-state index contributed by atoms with van der Waals surface area (Å²) in [5.74, 6) is 0.280. The number of hydrogen-bond acceptors (Lipinski definition) is 4. The minimum absolute atomic E-state index is 0.176. The van der Waals surface area contributed by atoms with Gasteiger partial charge in [-0.25, -0.2) is 0 Å². The molecule has 2 aromatic rings. The Morgan fingerprint density at radius 1 is 1.18 bits per heavy atom. The standard InChI is InChI=1S/C16H20ClN3O2/c17-13-7-5-12(6-8-13)15-14(11-20-22-15)16(21)19-10-4-2-1-3-9-18/h5-8,11H,1-4,9-10,18H2,(H,19,21). The van der Waals surface area contributed by atoms with Crippen LogP contribution >= 0.6 is 11.6 Å². The maximum absolute atomic E-state index is 12.2. The van der Waals surface area contributed by atoms with Gasteiger partial charge in [0.15, 0.2) is 5.76 Å². The summed E-state index contributed by atoms with van der Waals surface area (Å²) in [5, 5.41) is 7.25. The molecule has 1 aromatic heterocycles. The zero-order valence-electron chi connectivity index (χ0n) is 12.3. The normalized spacial score (nSPS) is 10.6. The minimum Gasteiger partial charge on any atom is -0.355 e. The van der Waals surface area contributed by atoms with Gasteiger partial charge in [0.25, 0.3) is 5.91 Å². The van der Waals surface area contributed by atoms with Gasteiger partial charge in [0, 0.05) is 17.1 Å². The molecule has 2 rings (SSSR count). The van der Waals surface area contributed by atoms with Crippen molar-refractivity contribution in [3.63, 3.8) is 0 Å². The Morgan fingerprint density at radius 2 is 1.91 bits per heavy atom. The molecular weight excluding hydrogens is 302 g/mol. The Labute approximate surface area is 134 Å². The van der Waals surface area contributed by atoms with Crippen molar-refractivity contribution < 1.29 is 9.32 Å². The van der Waals surface area contributed by atoms with Crippen LogP contribution in [0.3, 0.4) is 0 Å². The van der Waals surface area contributed by atoms with E-state index in [0.29, 0.717) is 22.9 Å². The van der Waals surface area contributed by atoms with Crippen LogP contribution in [0.5, 0.6) is 0 Å². The number of unbranched alkanes of at least 4 members (excludes halogenated alkanes) is 3. The van der Waals surface area contributed by atoms with Crippen LogP contribution in [-0.4, -0.2) is 24.2 Å². The van der Waals surface area contributed by atoms with Crippen LogP contribution in [0.4, 0.5) is 0 Å². The molecule has 118 valence electrons. The maximum atomic E-state index is 12.2. The van der Waals surface area contributed by atoms with Gasteiger partial charge in [-0.15, -0.1) is 0 Å². The molecular formula is C16H20ClN3O2. The van der Waals surface area contributed by atoms with Crippen LogP contribution in [-0.2, 0) is 0 Å². The number of amides is 1. The zero-order chi connectivity index (χ0) is 15.8. The van der Waals surface area contributed by atoms with Gasteiger partial charge < -0.3 is 15.6 Å². The molecule has 5 nitrogen and oxygen atoms in total. The van der Waals surface area contributed by atoms with Crippen LogP contribution < -0.4 is 11.1 Å². The number of nitrogens with zero attached hydrogens (tertiary/aromatic N) is 1. The lowest BCUT2D eigenvalue weighted by Gasteiger charge is -2.05. The number of halogens is 1. The Hall–Kier alpha value is -1.85. The second kappa shape index (κ2) is 8.56. The van der Waals surface area contributed by atoms with Crippen LogP contribution in [0, 0.1) is 0 Å². The van der Waals surface area contributed by atoms with E-state index in [-0.39, 0.29) is 5.91 Å². The largest absolute Gasteiger partial charge is 0.355 e. The first-order valence-corrected chi connectivity index (χ1v) is 7.79. The second-order valence-corrected chi connectivity index (χ2v) is 5.47. The molecule has 3 N–H and O–H groups in total. The Kier molecular flexibility index (Phi) is 6.43. The molecule has 0 aliphatic rings. The van der Waals surface area contributed by atoms with Crippen molar-refractivity contribution in [2.24, 2.45) is 5.73 Å². The summed E-state index contributed by atoms with van der Waals surface area (Å²) < 4.78 is 5.20. The number of nitrogens with one attached hydrogen (secondary N) is 1. The Bertz CT molecular complexity index is 596. The van der Waals surface area contributed by atoms with E-state index < -0.39 is 0 Å². The smallest absolute Gasteiger partial charge is 0.256 e. The van der Waals surface area contributed by atoms with Gasteiger partial charge >= 0.3 is 0 Å². The monoisotopic (exact) mass is 321 g/mol. The highest BCUT2D eigenvalue weighted by atomic mass is 35.5. The van der Waals surface area contributed by atoms with Gasteiger partial charge in [0.1, 0.15) is 5.56 Å². The van der Waals surface area contributed by atoms with Gasteiger partial charge in [0.2, 0.25) is 0 Å². The summed E-state index contributed by atoms with van der Waals surface area (Å²) in [7, 11) is 0. The van der Waals surface area contributed by atoms with Gasteiger partial charge in [-0.1, -0.05) is 29.6 Å². The van der Waals surface area contributed by atoms with Crippen molar-refractivity contribution >= 4 is 17.5 Å². The molecule has 1 heterocycles. The van der Waals surface area contributed by atoms with E-state index in [0.717, 1.165) is 37.8 Å². The van der Waals surface area contributed by atoms with Gasteiger partial charge in [0.05, 0.1) is 6.20 Å². The molecule has 1 aromatic carbocycles. The highest BCUT2D eigenvalue weighted by molar-refractivity contribution is 6.30. The predicted molar refractivity (Wildman–Crippen MR) is 86.8 cm³/mol. The average molecular weight is 322 g/mol. The SMILES string of the molecule is NCCCCCCNC(=O)c1cnoc1-c1ccc(Cl)cc1. The van der Waals surface area contributed by atoms with E-state index in [1.54, 1.807) is 24.3 Å². The molecule has 0 aliphatic carbocycles. The summed E-state index contributed by atoms with van der Waals surface area (Å²) in [6.45, 7) is 1.35. The molecule has 0 aliphatic heterocycles. The molecule has 6 heteroatoms. The lowest BCUT2D eigenvalue weighted by Crippen LogP contribution is -2.24. The number of carbonyl (C=O) groups is 1. The maximum Gasteiger partial charge on any atom is 0.256 e. The van der Waals surface area contributed by atoms with Crippen molar-refractivity contribution in [3.8, 4) is 11.3 Å². The summed E-state index contributed by atoms with van der Waals surface area (Å²) in [6, 6.07) is 7.09. The fourth-order valence-electron chi connectivity index (χ4n) is 2.13. The number of hydrogen-bond donors (Lipinski definition) is 2. The van der Waals surface area contributed by atoms with E-state index in [1.165, 1.54) is 6.20 Å². The molecule has 0 atom stereocenters. The molecule has 1 amide bonds.